The van der Waals surface area contributed by atoms with E-state index in [2.05, 4.69) is 0 Å². The van der Waals surface area contributed by atoms with Crippen molar-refractivity contribution in [1.29, 1.82) is 0 Å². The van der Waals surface area contributed by atoms with Crippen LogP contribution in [-0.4, -0.2) is 60.8 Å². The molecule has 0 amide bonds. The summed E-state index contributed by atoms with van der Waals surface area (Å²) in [7, 11) is 0. The molecule has 2 nitrogen and oxygen atoms in total. The van der Waals surface area contributed by atoms with Crippen molar-refractivity contribution in [3.63, 3.8) is 0 Å². The molecule has 5 heavy (non-hydrogen) atoms. The quantitative estimate of drug-likeness (QED) is 0.304. The molecule has 0 aromatic heterocycles. The van der Waals surface area contributed by atoms with E-state index in [9.17, 15) is 0 Å². The summed E-state index contributed by atoms with van der Waals surface area (Å²) in [6, 6.07) is 0. The Morgan fingerprint density at radius 3 is 0.800 bits per heavy atom. The van der Waals surface area contributed by atoms with Crippen LogP contribution in [0.4, 0.5) is 0 Å². The first kappa shape index (κ1) is 38.4. The molecule has 0 rings (SSSR count). The zero-order valence-electron chi connectivity index (χ0n) is 3.23. The van der Waals surface area contributed by atoms with Gasteiger partial charge in [-0.05, 0) is 0 Å². The summed E-state index contributed by atoms with van der Waals surface area (Å²) in [5, 5.41) is 0. The minimum Gasteiger partial charge on any atom is -2.00 e. The predicted octanol–water partition coefficient (Wildman–Crippen LogP) is -4.00. The van der Waals surface area contributed by atoms with E-state index in [1.54, 1.807) is 0 Å². The van der Waals surface area contributed by atoms with Gasteiger partial charge in [-0.2, -0.15) is 0 Å². The van der Waals surface area contributed by atoms with E-state index in [0.717, 1.165) is 0 Å². The summed E-state index contributed by atoms with van der Waals surface area (Å²) >= 11 is 0. The predicted molar refractivity (Wildman–Crippen MR) is 12.9 cm³/mol. The van der Waals surface area contributed by atoms with E-state index < -0.39 is 0 Å². The molecule has 0 unspecified atom stereocenters. The molecule has 0 heterocycles. The van der Waals surface area contributed by atoms with Gasteiger partial charge in [-0.3, -0.25) is 0 Å². The maximum Gasteiger partial charge on any atom is 2.00 e. The number of hydrogen-bond donors (Lipinski definition) is 0. The van der Waals surface area contributed by atoms with Crippen molar-refractivity contribution >= 4 is 60.8 Å². The Bertz CT molecular complexity index is 9.61. The summed E-state index contributed by atoms with van der Waals surface area (Å²) in [4.78, 5) is 0. The molecule has 0 saturated heterocycles. The summed E-state index contributed by atoms with van der Waals surface area (Å²) < 4.78 is 0. The van der Waals surface area contributed by atoms with E-state index in [0.29, 0.717) is 0 Å². The summed E-state index contributed by atoms with van der Waals surface area (Å²) in [5.41, 5.74) is 0. The molecule has 0 aliphatic rings. The van der Waals surface area contributed by atoms with Crippen LogP contribution in [-0.2, 0) is 11.0 Å². The Morgan fingerprint density at radius 2 is 0.800 bits per heavy atom. The van der Waals surface area contributed by atoms with Crippen LogP contribution in [0, 0.1) is 0 Å². The van der Waals surface area contributed by atoms with Crippen LogP contribution in [0.3, 0.4) is 0 Å². The molecular formula is CaKMgO2+. The molecule has 0 radical (unpaired) electrons. The van der Waals surface area contributed by atoms with Crippen LogP contribution < -0.4 is 51.4 Å². The Labute approximate surface area is 120 Å². The molecule has 16 valence electrons. The van der Waals surface area contributed by atoms with Gasteiger partial charge in [-0.15, -0.1) is 0 Å². The third-order valence-corrected chi connectivity index (χ3v) is 0. The fourth-order valence-electron chi connectivity index (χ4n) is 0. The smallest absolute Gasteiger partial charge is 2.00 e. The number of hydrogen-bond acceptors (Lipinski definition) is 0. The van der Waals surface area contributed by atoms with Crippen molar-refractivity contribution in [2.24, 2.45) is 0 Å². The Hall–Kier alpha value is 3.58. The van der Waals surface area contributed by atoms with Crippen LogP contribution in [0.2, 0.25) is 0 Å². The zero-order chi connectivity index (χ0) is 0. The molecule has 0 aliphatic carbocycles. The molecule has 0 aromatic rings. The van der Waals surface area contributed by atoms with Gasteiger partial charge in [0.1, 0.15) is 0 Å². The summed E-state index contributed by atoms with van der Waals surface area (Å²) in [5.74, 6) is 0. The fourth-order valence-corrected chi connectivity index (χ4v) is 0. The average Bonchev–Trinajstić information content (AvgIpc) is 0. The van der Waals surface area contributed by atoms with Gasteiger partial charge in [0.25, 0.3) is 0 Å². The normalized spacial score (nSPS) is 0. The van der Waals surface area contributed by atoms with Gasteiger partial charge in [0.15, 0.2) is 0 Å². The Kier molecular flexibility index (Phi) is 197. The van der Waals surface area contributed by atoms with Crippen molar-refractivity contribution in [2.75, 3.05) is 0 Å². The van der Waals surface area contributed by atoms with Crippen molar-refractivity contribution in [1.82, 2.24) is 0 Å². The first-order valence-electron chi connectivity index (χ1n) is 0. The van der Waals surface area contributed by atoms with E-state index in [1.165, 1.54) is 0 Å². The molecule has 0 aliphatic heterocycles. The third kappa shape index (κ3) is 18.4. The van der Waals surface area contributed by atoms with Gasteiger partial charge in [0, 0.05) is 0 Å². The molecule has 0 spiro atoms. The maximum absolute atomic E-state index is 0. The van der Waals surface area contributed by atoms with Crippen LogP contribution in [0.15, 0.2) is 0 Å². The SMILES string of the molecule is [Ca+2].[K+].[Mg+2].[O-2].[O-2]. The maximum atomic E-state index is 0. The largest absolute Gasteiger partial charge is 2.00 e. The molecular weight excluding hydrogens is 135 g/mol. The molecule has 0 bridgehead atoms. The van der Waals surface area contributed by atoms with Crippen LogP contribution in [0.5, 0.6) is 0 Å². The van der Waals surface area contributed by atoms with Gasteiger partial charge in [-0.25, -0.2) is 0 Å². The minimum absolute atomic E-state index is 0. The standard InChI is InChI=1S/Ca.K.Mg.2O/q+2;+1;+2;2*-2. The second-order valence-corrected chi connectivity index (χ2v) is 0. The van der Waals surface area contributed by atoms with Crippen molar-refractivity contribution in [3.8, 4) is 0 Å². The molecule has 0 fully saturated rings. The molecule has 0 atom stereocenters. The second-order valence-electron chi connectivity index (χ2n) is 0. The van der Waals surface area contributed by atoms with Gasteiger partial charge in [-0.1, -0.05) is 0 Å². The Morgan fingerprint density at radius 1 is 0.800 bits per heavy atom. The van der Waals surface area contributed by atoms with Crippen molar-refractivity contribution in [3.05, 3.63) is 0 Å². The van der Waals surface area contributed by atoms with Gasteiger partial charge >= 0.3 is 112 Å². The van der Waals surface area contributed by atoms with E-state index in [4.69, 9.17) is 0 Å². The zero-order valence-corrected chi connectivity index (χ0v) is 9.98. The number of rotatable bonds is 0. The van der Waals surface area contributed by atoms with Gasteiger partial charge in [0.05, 0.1) is 0 Å². The minimum atomic E-state index is 0. The summed E-state index contributed by atoms with van der Waals surface area (Å²) in [6.45, 7) is 0. The fraction of sp³-hybridized carbons (Fsp3) is 0. The molecule has 0 aromatic carbocycles. The topological polar surface area (TPSA) is 57.0 Å². The molecule has 0 N–H and O–H groups in total. The Balaban J connectivity index is 0. The summed E-state index contributed by atoms with van der Waals surface area (Å²) in [6.07, 6.45) is 0. The first-order chi connectivity index (χ1) is 0. The van der Waals surface area contributed by atoms with Crippen LogP contribution in [0.1, 0.15) is 0 Å². The van der Waals surface area contributed by atoms with Crippen molar-refractivity contribution < 1.29 is 62.3 Å². The molecule has 5 heteroatoms. The van der Waals surface area contributed by atoms with E-state index >= 15 is 0 Å². The third-order valence-electron chi connectivity index (χ3n) is 0. The van der Waals surface area contributed by atoms with Gasteiger partial charge < -0.3 is 11.0 Å². The van der Waals surface area contributed by atoms with E-state index in [-0.39, 0.29) is 123 Å². The second kappa shape index (κ2) is 25.6. The van der Waals surface area contributed by atoms with Gasteiger partial charge in [0.2, 0.25) is 0 Å². The monoisotopic (exact) mass is 135 g/mol. The van der Waals surface area contributed by atoms with Crippen molar-refractivity contribution in [2.45, 2.75) is 0 Å². The molecule has 0 saturated carbocycles. The first-order valence-corrected chi connectivity index (χ1v) is 0. The average molecular weight is 135 g/mol. The van der Waals surface area contributed by atoms with Crippen LogP contribution >= 0.6 is 0 Å². The van der Waals surface area contributed by atoms with Crippen LogP contribution in [0.25, 0.3) is 0 Å². The van der Waals surface area contributed by atoms with E-state index in [1.807, 2.05) is 0 Å².